The molecule has 0 atom stereocenters. The summed E-state index contributed by atoms with van der Waals surface area (Å²) in [6.07, 6.45) is -5.38. The number of benzene rings is 2. The monoisotopic (exact) mass is 384 g/mol. The van der Waals surface area contributed by atoms with Gasteiger partial charge in [-0.1, -0.05) is 6.07 Å². The smallest absolute Gasteiger partial charge is 0.416 e. The van der Waals surface area contributed by atoms with E-state index >= 15 is 0 Å². The van der Waals surface area contributed by atoms with E-state index in [1.54, 1.807) is 6.92 Å². The Labute approximate surface area is 152 Å². The molecule has 0 aliphatic carbocycles. The first-order chi connectivity index (χ1) is 12.7. The number of halogens is 4. The molecule has 2 N–H and O–H groups in total. The van der Waals surface area contributed by atoms with Crippen LogP contribution in [0.3, 0.4) is 0 Å². The molecule has 0 unspecified atom stereocenters. The second-order valence-corrected chi connectivity index (χ2v) is 5.40. The van der Waals surface area contributed by atoms with Crippen molar-refractivity contribution < 1.29 is 31.9 Å². The number of amides is 2. The van der Waals surface area contributed by atoms with Crippen LogP contribution in [-0.4, -0.2) is 18.6 Å². The number of anilines is 1. The van der Waals surface area contributed by atoms with Gasteiger partial charge < -0.3 is 10.1 Å². The Hall–Kier alpha value is -3.10. The summed E-state index contributed by atoms with van der Waals surface area (Å²) in [6, 6.07) is 7.95. The fourth-order valence-electron chi connectivity index (χ4n) is 2.23. The number of rotatable bonds is 5. The van der Waals surface area contributed by atoms with Crippen LogP contribution < -0.4 is 10.6 Å². The lowest BCUT2D eigenvalue weighted by Crippen LogP contribution is -2.24. The maximum Gasteiger partial charge on any atom is 0.416 e. The number of carbonyl (C=O) groups is 2. The van der Waals surface area contributed by atoms with Gasteiger partial charge in [0.25, 0.3) is 5.91 Å². The third kappa shape index (κ3) is 5.70. The number of alkyl halides is 3. The highest BCUT2D eigenvalue weighted by Gasteiger charge is 2.33. The molecule has 0 spiro atoms. The van der Waals surface area contributed by atoms with E-state index in [1.165, 1.54) is 24.3 Å². The first-order valence-electron chi connectivity index (χ1n) is 7.88. The SMILES string of the molecule is CCOC(=O)Nc1ccc(C(=O)NCc2ccc(F)cc2C(F)(F)F)cc1. The molecular formula is C18H16F4N2O3. The lowest BCUT2D eigenvalue weighted by Gasteiger charge is -2.14. The van der Waals surface area contributed by atoms with Crippen LogP contribution in [-0.2, 0) is 17.5 Å². The van der Waals surface area contributed by atoms with Crippen LogP contribution in [0.5, 0.6) is 0 Å². The number of carbonyl (C=O) groups excluding carboxylic acids is 2. The van der Waals surface area contributed by atoms with Gasteiger partial charge in [0.15, 0.2) is 0 Å². The molecule has 27 heavy (non-hydrogen) atoms. The molecule has 9 heteroatoms. The van der Waals surface area contributed by atoms with Crippen LogP contribution in [0.4, 0.5) is 28.0 Å². The van der Waals surface area contributed by atoms with E-state index in [9.17, 15) is 27.2 Å². The third-order valence-electron chi connectivity index (χ3n) is 3.49. The van der Waals surface area contributed by atoms with Crippen LogP contribution in [0, 0.1) is 5.82 Å². The molecule has 0 saturated carbocycles. The van der Waals surface area contributed by atoms with Crippen molar-refractivity contribution in [3.63, 3.8) is 0 Å². The molecule has 0 radical (unpaired) electrons. The molecule has 2 aromatic rings. The van der Waals surface area contributed by atoms with Crippen LogP contribution in [0.2, 0.25) is 0 Å². The van der Waals surface area contributed by atoms with Gasteiger partial charge in [0.2, 0.25) is 0 Å². The maximum atomic E-state index is 13.1. The van der Waals surface area contributed by atoms with Gasteiger partial charge >= 0.3 is 12.3 Å². The standard InChI is InChI=1S/C18H16F4N2O3/c1-2-27-17(26)24-14-7-4-11(5-8-14)16(25)23-10-12-3-6-13(19)9-15(12)18(20,21)22/h3-9H,2,10H2,1H3,(H,23,25)(H,24,26). The molecule has 2 amide bonds. The quantitative estimate of drug-likeness (QED) is 0.754. The van der Waals surface area contributed by atoms with Crippen molar-refractivity contribution in [1.29, 1.82) is 0 Å². The Morgan fingerprint density at radius 3 is 2.33 bits per heavy atom. The zero-order valence-electron chi connectivity index (χ0n) is 14.2. The number of hydrogen-bond donors (Lipinski definition) is 2. The van der Waals surface area contributed by atoms with Gasteiger partial charge in [0.1, 0.15) is 5.82 Å². The highest BCUT2D eigenvalue weighted by molar-refractivity contribution is 5.95. The molecule has 2 rings (SSSR count). The highest BCUT2D eigenvalue weighted by atomic mass is 19.4. The number of nitrogens with one attached hydrogen (secondary N) is 2. The fraction of sp³-hybridized carbons (Fsp3) is 0.222. The average molecular weight is 384 g/mol. The predicted octanol–water partition coefficient (Wildman–Crippen LogP) is 4.34. The Morgan fingerprint density at radius 2 is 1.74 bits per heavy atom. The van der Waals surface area contributed by atoms with E-state index in [2.05, 4.69) is 10.6 Å². The summed E-state index contributed by atoms with van der Waals surface area (Å²) >= 11 is 0. The van der Waals surface area contributed by atoms with Gasteiger partial charge in [0, 0.05) is 17.8 Å². The summed E-state index contributed by atoms with van der Waals surface area (Å²) in [6.45, 7) is 1.44. The molecule has 0 fully saturated rings. The number of hydrogen-bond acceptors (Lipinski definition) is 3. The minimum absolute atomic E-state index is 0.181. The van der Waals surface area contributed by atoms with E-state index in [0.29, 0.717) is 11.8 Å². The van der Waals surface area contributed by atoms with E-state index in [4.69, 9.17) is 4.74 Å². The van der Waals surface area contributed by atoms with Crippen molar-refractivity contribution >= 4 is 17.7 Å². The Morgan fingerprint density at radius 1 is 1.07 bits per heavy atom. The minimum atomic E-state index is -4.73. The van der Waals surface area contributed by atoms with E-state index < -0.39 is 36.1 Å². The molecule has 0 aliphatic rings. The predicted molar refractivity (Wildman–Crippen MR) is 89.7 cm³/mol. The van der Waals surface area contributed by atoms with Crippen molar-refractivity contribution in [1.82, 2.24) is 5.32 Å². The summed E-state index contributed by atoms with van der Waals surface area (Å²) < 4.78 is 56.7. The van der Waals surface area contributed by atoms with Crippen molar-refractivity contribution in [2.75, 3.05) is 11.9 Å². The Kier molecular flexibility index (Phi) is 6.38. The van der Waals surface area contributed by atoms with Crippen molar-refractivity contribution in [2.45, 2.75) is 19.6 Å². The lowest BCUT2D eigenvalue weighted by molar-refractivity contribution is -0.138. The topological polar surface area (TPSA) is 67.4 Å². The minimum Gasteiger partial charge on any atom is -0.450 e. The Balaban J connectivity index is 2.03. The van der Waals surface area contributed by atoms with Crippen LogP contribution >= 0.6 is 0 Å². The highest BCUT2D eigenvalue weighted by Crippen LogP contribution is 2.32. The second kappa shape index (κ2) is 8.52. The molecule has 0 bridgehead atoms. The van der Waals surface area contributed by atoms with E-state index in [0.717, 1.165) is 12.1 Å². The van der Waals surface area contributed by atoms with Crippen molar-refractivity contribution in [3.05, 3.63) is 65.0 Å². The number of ether oxygens (including phenoxy) is 1. The molecule has 2 aromatic carbocycles. The second-order valence-electron chi connectivity index (χ2n) is 5.40. The summed E-state index contributed by atoms with van der Waals surface area (Å²) in [5.41, 5.74) is -0.822. The Bertz CT molecular complexity index is 820. The average Bonchev–Trinajstić information content (AvgIpc) is 2.60. The first kappa shape index (κ1) is 20.2. The maximum absolute atomic E-state index is 13.1. The van der Waals surface area contributed by atoms with E-state index in [1.807, 2.05) is 0 Å². The molecule has 144 valence electrons. The van der Waals surface area contributed by atoms with Gasteiger partial charge in [-0.15, -0.1) is 0 Å². The lowest BCUT2D eigenvalue weighted by atomic mass is 10.1. The molecule has 5 nitrogen and oxygen atoms in total. The zero-order chi connectivity index (χ0) is 20.0. The molecule has 0 aromatic heterocycles. The van der Waals surface area contributed by atoms with Gasteiger partial charge in [-0.25, -0.2) is 9.18 Å². The molecule has 0 aliphatic heterocycles. The van der Waals surface area contributed by atoms with Gasteiger partial charge in [0.05, 0.1) is 12.2 Å². The first-order valence-corrected chi connectivity index (χ1v) is 7.88. The van der Waals surface area contributed by atoms with Crippen molar-refractivity contribution in [2.24, 2.45) is 0 Å². The fourth-order valence-corrected chi connectivity index (χ4v) is 2.23. The summed E-state index contributed by atoms with van der Waals surface area (Å²) in [5, 5.41) is 4.80. The summed E-state index contributed by atoms with van der Waals surface area (Å²) in [7, 11) is 0. The normalized spacial score (nSPS) is 11.0. The van der Waals surface area contributed by atoms with Crippen LogP contribution in [0.1, 0.15) is 28.4 Å². The van der Waals surface area contributed by atoms with E-state index in [-0.39, 0.29) is 17.7 Å². The zero-order valence-corrected chi connectivity index (χ0v) is 14.2. The summed E-state index contributed by atoms with van der Waals surface area (Å²) in [4.78, 5) is 23.4. The van der Waals surface area contributed by atoms with Gasteiger partial charge in [-0.05, 0) is 48.9 Å². The summed E-state index contributed by atoms with van der Waals surface area (Å²) in [5.74, 6) is -1.63. The van der Waals surface area contributed by atoms with Gasteiger partial charge in [-0.3, -0.25) is 10.1 Å². The largest absolute Gasteiger partial charge is 0.450 e. The van der Waals surface area contributed by atoms with Crippen molar-refractivity contribution in [3.8, 4) is 0 Å². The van der Waals surface area contributed by atoms with Gasteiger partial charge in [-0.2, -0.15) is 13.2 Å². The van der Waals surface area contributed by atoms with Crippen LogP contribution in [0.25, 0.3) is 0 Å². The molecular weight excluding hydrogens is 368 g/mol. The van der Waals surface area contributed by atoms with Crippen LogP contribution in [0.15, 0.2) is 42.5 Å². The molecule has 0 saturated heterocycles. The third-order valence-corrected chi connectivity index (χ3v) is 3.49. The molecule has 0 heterocycles.